The molecule has 5 rings (SSSR count). The smallest absolute Gasteiger partial charge is 0.395 e. The summed E-state index contributed by atoms with van der Waals surface area (Å²) in [7, 11) is 0. The first-order valence-electron chi connectivity index (χ1n) is 9.38. The molecule has 3 heterocycles. The van der Waals surface area contributed by atoms with E-state index in [4.69, 9.17) is 0 Å². The normalized spacial score (nSPS) is 27.1. The van der Waals surface area contributed by atoms with Crippen LogP contribution < -0.4 is 9.47 Å². The van der Waals surface area contributed by atoms with Crippen LogP contribution in [0.4, 0.5) is 13.2 Å². The number of fused-ring (bicyclic) bond motifs is 3. The molecule has 2 aromatic carbocycles. The molecular formula is C21H18F3NO3. The maximum Gasteiger partial charge on any atom is 0.586 e. The Morgan fingerprint density at radius 2 is 1.61 bits per heavy atom. The van der Waals surface area contributed by atoms with E-state index in [1.807, 2.05) is 17.0 Å². The molecule has 0 radical (unpaired) electrons. The van der Waals surface area contributed by atoms with E-state index in [0.717, 1.165) is 31.2 Å². The van der Waals surface area contributed by atoms with E-state index in [0.29, 0.717) is 5.56 Å². The van der Waals surface area contributed by atoms with Crippen molar-refractivity contribution in [3.05, 3.63) is 59.4 Å². The van der Waals surface area contributed by atoms with Crippen LogP contribution in [-0.4, -0.2) is 29.2 Å². The lowest BCUT2D eigenvalue weighted by atomic mass is 9.85. The van der Waals surface area contributed by atoms with Crippen LogP contribution in [0, 0.1) is 5.82 Å². The molecule has 1 unspecified atom stereocenters. The molecule has 1 amide bonds. The molecule has 0 aromatic heterocycles. The SMILES string of the molecule is O=C(c1ccc2c(c1)OC(F)(F)O2)N1[C@@H]2CC[C@H]1CC(c1ccc(F)cc1)C2. The molecule has 3 aliphatic rings. The van der Waals surface area contributed by atoms with Crippen LogP contribution in [0.15, 0.2) is 42.5 Å². The number of ether oxygens (including phenoxy) is 2. The van der Waals surface area contributed by atoms with E-state index in [9.17, 15) is 18.0 Å². The standard InChI is InChI=1S/C21H18F3NO3/c22-15-4-1-12(2-5-15)14-9-16-6-7-17(10-14)25(16)20(26)13-3-8-18-19(11-13)28-21(23,24)27-18/h1-5,8,11,14,16-17H,6-7,9-10H2/t14?,16-,17+. The molecule has 28 heavy (non-hydrogen) atoms. The third-order valence-electron chi connectivity index (χ3n) is 5.96. The van der Waals surface area contributed by atoms with Crippen molar-refractivity contribution in [2.45, 2.75) is 50.0 Å². The van der Waals surface area contributed by atoms with Gasteiger partial charge in [0.2, 0.25) is 0 Å². The van der Waals surface area contributed by atoms with Crippen LogP contribution >= 0.6 is 0 Å². The quantitative estimate of drug-likeness (QED) is 0.748. The Labute approximate surface area is 159 Å². The van der Waals surface area contributed by atoms with Crippen LogP contribution in [0.1, 0.15) is 47.5 Å². The number of hydrogen-bond acceptors (Lipinski definition) is 3. The summed E-state index contributed by atoms with van der Waals surface area (Å²) in [4.78, 5) is 15.0. The molecule has 7 heteroatoms. The van der Waals surface area contributed by atoms with Gasteiger partial charge < -0.3 is 14.4 Å². The number of hydrogen-bond donors (Lipinski definition) is 0. The topological polar surface area (TPSA) is 38.8 Å². The molecule has 3 atom stereocenters. The number of rotatable bonds is 2. The van der Waals surface area contributed by atoms with Crippen LogP contribution in [0.2, 0.25) is 0 Å². The predicted molar refractivity (Wildman–Crippen MR) is 94.0 cm³/mol. The van der Waals surface area contributed by atoms with Gasteiger partial charge in [0.25, 0.3) is 5.91 Å². The van der Waals surface area contributed by atoms with Crippen LogP contribution in [0.3, 0.4) is 0 Å². The van der Waals surface area contributed by atoms with Crippen molar-refractivity contribution in [1.29, 1.82) is 0 Å². The largest absolute Gasteiger partial charge is 0.586 e. The molecule has 0 aliphatic carbocycles. The van der Waals surface area contributed by atoms with Gasteiger partial charge in [-0.2, -0.15) is 0 Å². The van der Waals surface area contributed by atoms with Crippen molar-refractivity contribution in [1.82, 2.24) is 4.90 Å². The number of piperidine rings is 1. The number of benzene rings is 2. The minimum atomic E-state index is -3.70. The summed E-state index contributed by atoms with van der Waals surface area (Å²) < 4.78 is 48.5. The van der Waals surface area contributed by atoms with Gasteiger partial charge in [-0.05, 0) is 67.5 Å². The van der Waals surface area contributed by atoms with Gasteiger partial charge in [-0.25, -0.2) is 4.39 Å². The fraction of sp³-hybridized carbons (Fsp3) is 0.381. The minimum Gasteiger partial charge on any atom is -0.395 e. The number of halogens is 3. The monoisotopic (exact) mass is 389 g/mol. The minimum absolute atomic E-state index is 0.0699. The lowest BCUT2D eigenvalue weighted by molar-refractivity contribution is -0.286. The number of nitrogens with zero attached hydrogens (tertiary/aromatic N) is 1. The molecule has 2 saturated heterocycles. The fourth-order valence-electron chi connectivity index (χ4n) is 4.75. The molecule has 0 spiro atoms. The zero-order valence-corrected chi connectivity index (χ0v) is 14.9. The number of carbonyl (C=O) groups is 1. The zero-order valence-electron chi connectivity index (χ0n) is 14.9. The Morgan fingerprint density at radius 3 is 2.29 bits per heavy atom. The molecular weight excluding hydrogens is 371 g/mol. The van der Waals surface area contributed by atoms with E-state index in [1.165, 1.54) is 30.3 Å². The number of carbonyl (C=O) groups excluding carboxylic acids is 1. The van der Waals surface area contributed by atoms with Gasteiger partial charge in [0.15, 0.2) is 11.5 Å². The van der Waals surface area contributed by atoms with E-state index in [2.05, 4.69) is 9.47 Å². The van der Waals surface area contributed by atoms with Crippen molar-refractivity contribution in [3.63, 3.8) is 0 Å². The number of amides is 1. The zero-order chi connectivity index (χ0) is 19.5. The first-order chi connectivity index (χ1) is 13.4. The van der Waals surface area contributed by atoms with Gasteiger partial charge in [-0.15, -0.1) is 8.78 Å². The van der Waals surface area contributed by atoms with Gasteiger partial charge in [-0.3, -0.25) is 4.79 Å². The van der Waals surface area contributed by atoms with Gasteiger partial charge in [0.05, 0.1) is 0 Å². The Hall–Kier alpha value is -2.70. The van der Waals surface area contributed by atoms with Crippen LogP contribution in [-0.2, 0) is 0 Å². The molecule has 146 valence electrons. The van der Waals surface area contributed by atoms with Crippen LogP contribution in [0.5, 0.6) is 11.5 Å². The van der Waals surface area contributed by atoms with Crippen LogP contribution in [0.25, 0.3) is 0 Å². The maximum absolute atomic E-state index is 13.2. The average molecular weight is 389 g/mol. The summed E-state index contributed by atoms with van der Waals surface area (Å²) >= 11 is 0. The van der Waals surface area contributed by atoms with E-state index < -0.39 is 6.29 Å². The molecule has 2 aromatic rings. The predicted octanol–water partition coefficient (Wildman–Crippen LogP) is 4.70. The Morgan fingerprint density at radius 1 is 0.964 bits per heavy atom. The molecule has 2 bridgehead atoms. The molecule has 0 saturated carbocycles. The first kappa shape index (κ1) is 17.4. The molecule has 0 N–H and O–H groups in total. The van der Waals surface area contributed by atoms with E-state index >= 15 is 0 Å². The third-order valence-corrected chi connectivity index (χ3v) is 5.96. The Balaban J connectivity index is 1.36. The lowest BCUT2D eigenvalue weighted by Crippen LogP contribution is -2.46. The van der Waals surface area contributed by atoms with Gasteiger partial charge in [0.1, 0.15) is 5.82 Å². The van der Waals surface area contributed by atoms with Crippen molar-refractivity contribution in [2.75, 3.05) is 0 Å². The van der Waals surface area contributed by atoms with Crippen molar-refractivity contribution in [2.24, 2.45) is 0 Å². The lowest BCUT2D eigenvalue weighted by Gasteiger charge is -2.39. The average Bonchev–Trinajstić information content (AvgIpc) is 3.11. The first-order valence-corrected chi connectivity index (χ1v) is 9.38. The Kier molecular flexibility index (Phi) is 3.82. The van der Waals surface area contributed by atoms with Crippen molar-refractivity contribution in [3.8, 4) is 11.5 Å². The van der Waals surface area contributed by atoms with Gasteiger partial charge in [0, 0.05) is 17.6 Å². The molecule has 4 nitrogen and oxygen atoms in total. The molecule has 2 fully saturated rings. The summed E-state index contributed by atoms with van der Waals surface area (Å²) in [5, 5.41) is 0. The van der Waals surface area contributed by atoms with Gasteiger partial charge >= 0.3 is 6.29 Å². The highest BCUT2D eigenvalue weighted by Crippen LogP contribution is 2.45. The second kappa shape index (κ2) is 6.15. The summed E-state index contributed by atoms with van der Waals surface area (Å²) in [5.41, 5.74) is 1.41. The second-order valence-electron chi connectivity index (χ2n) is 7.65. The highest BCUT2D eigenvalue weighted by molar-refractivity contribution is 5.95. The summed E-state index contributed by atoms with van der Waals surface area (Å²) in [6, 6.07) is 10.9. The van der Waals surface area contributed by atoms with E-state index in [1.54, 1.807) is 0 Å². The highest BCUT2D eigenvalue weighted by atomic mass is 19.3. The summed E-state index contributed by atoms with van der Waals surface area (Å²) in [6.45, 7) is 0. The number of alkyl halides is 2. The maximum atomic E-state index is 13.2. The van der Waals surface area contributed by atoms with E-state index in [-0.39, 0.29) is 41.2 Å². The summed E-state index contributed by atoms with van der Waals surface area (Å²) in [6.07, 6.45) is -0.239. The fourth-order valence-corrected chi connectivity index (χ4v) is 4.75. The van der Waals surface area contributed by atoms with Crippen molar-refractivity contribution >= 4 is 5.91 Å². The summed E-state index contributed by atoms with van der Waals surface area (Å²) in [5.74, 6) is -0.332. The second-order valence-corrected chi connectivity index (χ2v) is 7.65. The highest BCUT2D eigenvalue weighted by Gasteiger charge is 2.46. The van der Waals surface area contributed by atoms with Gasteiger partial charge in [-0.1, -0.05) is 12.1 Å². The van der Waals surface area contributed by atoms with Crippen molar-refractivity contribution < 1.29 is 27.4 Å². The third kappa shape index (κ3) is 2.89. The molecule has 3 aliphatic heterocycles. The Bertz CT molecular complexity index is 917.